The van der Waals surface area contributed by atoms with Crippen LogP contribution in [0.1, 0.15) is 0 Å². The molecule has 0 fully saturated rings. The molecule has 0 spiro atoms. The summed E-state index contributed by atoms with van der Waals surface area (Å²) in [5, 5.41) is 2.41. The van der Waals surface area contributed by atoms with Crippen LogP contribution in [0.5, 0.6) is 0 Å². The summed E-state index contributed by atoms with van der Waals surface area (Å²) in [5.74, 6) is 0.591. The van der Waals surface area contributed by atoms with Crippen molar-refractivity contribution in [1.29, 1.82) is 0 Å². The Hall–Kier alpha value is -5.68. The van der Waals surface area contributed by atoms with Crippen LogP contribution in [0.25, 0.3) is 50.0 Å². The normalized spacial score (nSPS) is 11.4. The molecule has 5 heteroatoms. The molecular formula is C36H24N4O. The molecule has 8 aromatic rings. The van der Waals surface area contributed by atoms with Gasteiger partial charge >= 0.3 is 0 Å². The number of aromatic nitrogens is 3. The minimum Gasteiger partial charge on any atom is -0.436 e. The lowest BCUT2D eigenvalue weighted by atomic mass is 10.1. The average molecular weight is 529 g/mol. The highest BCUT2D eigenvalue weighted by Gasteiger charge is 2.17. The van der Waals surface area contributed by atoms with E-state index in [9.17, 15) is 0 Å². The number of rotatable bonds is 5. The van der Waals surface area contributed by atoms with Crippen LogP contribution in [0.15, 0.2) is 150 Å². The lowest BCUT2D eigenvalue weighted by Crippen LogP contribution is -2.09. The summed E-state index contributed by atoms with van der Waals surface area (Å²) in [6, 6.07) is 46.6. The van der Waals surface area contributed by atoms with Crippen LogP contribution in [-0.2, 0) is 0 Å². The average Bonchev–Trinajstić information content (AvgIpc) is 3.62. The van der Waals surface area contributed by atoms with Gasteiger partial charge in [0.2, 0.25) is 5.89 Å². The smallest absolute Gasteiger partial charge is 0.227 e. The fraction of sp³-hybridized carbons (Fsp3) is 0. The van der Waals surface area contributed by atoms with Crippen molar-refractivity contribution in [3.05, 3.63) is 146 Å². The van der Waals surface area contributed by atoms with Crippen LogP contribution in [0.4, 0.5) is 17.1 Å². The molecule has 0 saturated carbocycles. The third-order valence-corrected chi connectivity index (χ3v) is 7.51. The molecular weight excluding hydrogens is 504 g/mol. The maximum Gasteiger partial charge on any atom is 0.227 e. The van der Waals surface area contributed by atoms with E-state index in [1.54, 1.807) is 12.4 Å². The molecule has 3 heterocycles. The standard InChI is InChI=1S/C36H24N4O/c1-3-9-26(10-4-1)39(27-11-5-2-6-12-27)29-19-20-34-31(23-29)30-13-7-8-14-33(30)40(34)28-17-15-25(16-18-28)36-38-32-24-37-22-21-35(32)41-36/h1-24H. The molecule has 41 heavy (non-hydrogen) atoms. The van der Waals surface area contributed by atoms with Crippen molar-refractivity contribution in [2.75, 3.05) is 4.90 Å². The number of fused-ring (bicyclic) bond motifs is 4. The van der Waals surface area contributed by atoms with Gasteiger partial charge < -0.3 is 13.9 Å². The molecule has 0 bridgehead atoms. The molecule has 3 aromatic heterocycles. The molecule has 5 aromatic carbocycles. The van der Waals surface area contributed by atoms with Gasteiger partial charge in [-0.25, -0.2) is 4.98 Å². The third kappa shape index (κ3) is 3.95. The number of benzene rings is 5. The summed E-state index contributed by atoms with van der Waals surface area (Å²) in [7, 11) is 0. The number of nitrogens with zero attached hydrogens (tertiary/aromatic N) is 4. The van der Waals surface area contributed by atoms with Crippen molar-refractivity contribution >= 4 is 50.0 Å². The van der Waals surface area contributed by atoms with Gasteiger partial charge in [-0.3, -0.25) is 4.98 Å². The van der Waals surface area contributed by atoms with Crippen LogP contribution >= 0.6 is 0 Å². The van der Waals surface area contributed by atoms with Gasteiger partial charge in [0.05, 0.1) is 17.2 Å². The molecule has 5 nitrogen and oxygen atoms in total. The zero-order valence-corrected chi connectivity index (χ0v) is 22.1. The van der Waals surface area contributed by atoms with Crippen molar-refractivity contribution in [3.63, 3.8) is 0 Å². The zero-order chi connectivity index (χ0) is 27.2. The van der Waals surface area contributed by atoms with Crippen molar-refractivity contribution in [2.24, 2.45) is 0 Å². The fourth-order valence-corrected chi connectivity index (χ4v) is 5.64. The second-order valence-corrected chi connectivity index (χ2v) is 9.97. The van der Waals surface area contributed by atoms with Gasteiger partial charge in [-0.2, -0.15) is 0 Å². The number of hydrogen-bond donors (Lipinski definition) is 0. The maximum absolute atomic E-state index is 5.97. The Morgan fingerprint density at radius 1 is 0.585 bits per heavy atom. The monoisotopic (exact) mass is 528 g/mol. The van der Waals surface area contributed by atoms with Gasteiger partial charge in [0, 0.05) is 51.3 Å². The van der Waals surface area contributed by atoms with Gasteiger partial charge in [-0.15, -0.1) is 0 Å². The summed E-state index contributed by atoms with van der Waals surface area (Å²) in [6.07, 6.45) is 3.44. The summed E-state index contributed by atoms with van der Waals surface area (Å²) in [4.78, 5) is 11.1. The predicted octanol–water partition coefficient (Wildman–Crippen LogP) is 9.46. The Morgan fingerprint density at radius 3 is 2.00 bits per heavy atom. The van der Waals surface area contributed by atoms with E-state index in [0.29, 0.717) is 5.89 Å². The summed E-state index contributed by atoms with van der Waals surface area (Å²) >= 11 is 0. The zero-order valence-electron chi connectivity index (χ0n) is 22.1. The quantitative estimate of drug-likeness (QED) is 0.223. The van der Waals surface area contributed by atoms with Crippen LogP contribution in [0.3, 0.4) is 0 Å². The predicted molar refractivity (Wildman–Crippen MR) is 166 cm³/mol. The lowest BCUT2D eigenvalue weighted by Gasteiger charge is -2.25. The van der Waals surface area contributed by atoms with Crippen LogP contribution in [0.2, 0.25) is 0 Å². The van der Waals surface area contributed by atoms with Crippen LogP contribution in [0, 0.1) is 0 Å². The number of para-hydroxylation sites is 3. The highest BCUT2D eigenvalue weighted by molar-refractivity contribution is 6.10. The number of anilines is 3. The van der Waals surface area contributed by atoms with E-state index in [4.69, 9.17) is 4.42 Å². The van der Waals surface area contributed by atoms with E-state index in [1.165, 1.54) is 10.8 Å². The first-order chi connectivity index (χ1) is 20.3. The van der Waals surface area contributed by atoms with Crippen LogP contribution < -0.4 is 4.90 Å². The molecule has 0 N–H and O–H groups in total. The first-order valence-electron chi connectivity index (χ1n) is 13.6. The molecule has 0 unspecified atom stereocenters. The molecule has 0 aliphatic heterocycles. The Kier molecular flexibility index (Phi) is 5.38. The second-order valence-electron chi connectivity index (χ2n) is 9.97. The van der Waals surface area contributed by atoms with Gasteiger partial charge in [-0.1, -0.05) is 54.6 Å². The van der Waals surface area contributed by atoms with Gasteiger partial charge in [0.25, 0.3) is 0 Å². The van der Waals surface area contributed by atoms with Gasteiger partial charge in [0.15, 0.2) is 5.58 Å². The first kappa shape index (κ1) is 23.2. The minimum absolute atomic E-state index is 0.591. The molecule has 8 rings (SSSR count). The number of hydrogen-bond acceptors (Lipinski definition) is 4. The third-order valence-electron chi connectivity index (χ3n) is 7.51. The summed E-state index contributed by atoms with van der Waals surface area (Å²) in [5.41, 5.74) is 9.14. The van der Waals surface area contributed by atoms with E-state index in [1.807, 2.05) is 6.07 Å². The fourth-order valence-electron chi connectivity index (χ4n) is 5.64. The molecule has 0 amide bonds. The Balaban J connectivity index is 1.27. The topological polar surface area (TPSA) is 47.1 Å². The summed E-state index contributed by atoms with van der Waals surface area (Å²) < 4.78 is 8.29. The highest BCUT2D eigenvalue weighted by atomic mass is 16.3. The minimum atomic E-state index is 0.591. The SMILES string of the molecule is c1ccc(N(c2ccccc2)c2ccc3c(c2)c2ccccc2n3-c2ccc(-c3nc4cnccc4o3)cc2)cc1. The van der Waals surface area contributed by atoms with E-state index >= 15 is 0 Å². The van der Waals surface area contributed by atoms with Crippen molar-refractivity contribution in [3.8, 4) is 17.1 Å². The molecule has 0 radical (unpaired) electrons. The first-order valence-corrected chi connectivity index (χ1v) is 13.6. The molecule has 0 aliphatic rings. The lowest BCUT2D eigenvalue weighted by molar-refractivity contribution is 0.619. The van der Waals surface area contributed by atoms with Crippen molar-refractivity contribution < 1.29 is 4.42 Å². The molecule has 0 saturated heterocycles. The molecule has 194 valence electrons. The van der Waals surface area contributed by atoms with Gasteiger partial charge in [-0.05, 0) is 72.8 Å². The Bertz CT molecular complexity index is 2070. The van der Waals surface area contributed by atoms with Gasteiger partial charge in [0.1, 0.15) is 5.52 Å². The Morgan fingerprint density at radius 2 is 1.27 bits per heavy atom. The van der Waals surface area contributed by atoms with E-state index in [2.05, 4.69) is 147 Å². The molecule has 0 atom stereocenters. The molecule has 0 aliphatic carbocycles. The maximum atomic E-state index is 5.97. The summed E-state index contributed by atoms with van der Waals surface area (Å²) in [6.45, 7) is 0. The number of pyridine rings is 1. The van der Waals surface area contributed by atoms with Crippen molar-refractivity contribution in [2.45, 2.75) is 0 Å². The van der Waals surface area contributed by atoms with E-state index < -0.39 is 0 Å². The highest BCUT2D eigenvalue weighted by Crippen LogP contribution is 2.39. The van der Waals surface area contributed by atoms with Crippen molar-refractivity contribution in [1.82, 2.24) is 14.5 Å². The van der Waals surface area contributed by atoms with E-state index in [0.717, 1.165) is 50.4 Å². The number of oxazole rings is 1. The largest absolute Gasteiger partial charge is 0.436 e. The van der Waals surface area contributed by atoms with E-state index in [-0.39, 0.29) is 0 Å². The second kappa shape index (κ2) is 9.50. The van der Waals surface area contributed by atoms with Crippen LogP contribution in [-0.4, -0.2) is 14.5 Å². The Labute approximate surface area is 236 Å².